The fraction of sp³-hybridized carbons (Fsp3) is 0. The Balaban J connectivity index is 0.000000320. The molecule has 0 amide bonds. The lowest BCUT2D eigenvalue weighted by Crippen LogP contribution is -2.02. The van der Waals surface area contributed by atoms with Crippen LogP contribution in [0.1, 0.15) is 0 Å². The first-order chi connectivity index (χ1) is 31.2. The van der Waals surface area contributed by atoms with Crippen molar-refractivity contribution < 1.29 is 3.79 Å². The molecule has 0 spiro atoms. The average Bonchev–Trinajstić information content (AvgIpc) is 4.07. The Labute approximate surface area is 369 Å². The minimum absolute atomic E-state index is 0.749. The zero-order valence-corrected chi connectivity index (χ0v) is 35.1. The summed E-state index contributed by atoms with van der Waals surface area (Å²) in [5, 5.41) is 1.11. The Kier molecular flexibility index (Phi) is 9.74. The summed E-state index contributed by atoms with van der Waals surface area (Å²) >= 11 is 1.47. The second-order valence-electron chi connectivity index (χ2n) is 14.6. The van der Waals surface area contributed by atoms with Crippen LogP contribution in [0.25, 0.3) is 95.6 Å². The third-order valence-electron chi connectivity index (χ3n) is 10.8. The number of pyridine rings is 4. The van der Waals surface area contributed by atoms with Crippen molar-refractivity contribution in [2.45, 2.75) is 0 Å². The van der Waals surface area contributed by atoms with Crippen molar-refractivity contribution in [3.05, 3.63) is 201 Å². The van der Waals surface area contributed by atoms with Crippen LogP contribution in [0.15, 0.2) is 201 Å². The van der Waals surface area contributed by atoms with Crippen molar-refractivity contribution in [3.63, 3.8) is 0 Å². The van der Waals surface area contributed by atoms with Gasteiger partial charge in [0.25, 0.3) is 0 Å². The van der Waals surface area contributed by atoms with Crippen molar-refractivity contribution in [1.82, 2.24) is 48.6 Å². The monoisotopic (exact) mass is 829 g/mol. The molecule has 0 fully saturated rings. The quantitative estimate of drug-likeness (QED) is 0.146. The van der Waals surface area contributed by atoms with Crippen LogP contribution in [0.4, 0.5) is 0 Å². The molecule has 0 atom stereocenters. The maximum Gasteiger partial charge on any atom is 0.494 e. The molecule has 5 aromatic carbocycles. The van der Waals surface area contributed by atoms with Crippen LogP contribution >= 0.6 is 0 Å². The number of para-hydroxylation sites is 4. The van der Waals surface area contributed by atoms with Gasteiger partial charge in [0, 0.05) is 63.9 Å². The number of fused-ring (bicyclic) bond motifs is 4. The third kappa shape index (κ3) is 6.95. The summed E-state index contributed by atoms with van der Waals surface area (Å²) in [5.74, 6) is 3.09. The van der Waals surface area contributed by atoms with Gasteiger partial charge in [0.05, 0.1) is 0 Å². The van der Waals surface area contributed by atoms with E-state index in [1.54, 1.807) is 24.8 Å². The van der Waals surface area contributed by atoms with Gasteiger partial charge in [0.15, 0.2) is 16.9 Å². The van der Waals surface area contributed by atoms with Crippen molar-refractivity contribution in [3.8, 4) is 57.0 Å². The number of nitrogens with zero attached hydrogens (tertiary/aromatic N) is 10. The molecule has 12 rings (SSSR count). The van der Waals surface area contributed by atoms with E-state index in [0.717, 1.165) is 101 Å². The number of imidazole rings is 3. The number of benzene rings is 5. The van der Waals surface area contributed by atoms with Gasteiger partial charge < -0.3 is 3.79 Å². The van der Waals surface area contributed by atoms with Crippen LogP contribution in [0.5, 0.6) is 5.75 Å². The molecule has 7 heterocycles. The molecule has 12 heteroatoms. The molecule has 0 unspecified atom stereocenters. The number of hydrogen-bond donors (Lipinski definition) is 0. The van der Waals surface area contributed by atoms with Gasteiger partial charge in [-0.15, -0.1) is 0 Å². The first-order valence-corrected chi connectivity index (χ1v) is 20.9. The fourth-order valence-corrected chi connectivity index (χ4v) is 8.22. The Hall–Kier alpha value is -8.30. The molecule has 63 heavy (non-hydrogen) atoms. The van der Waals surface area contributed by atoms with Crippen LogP contribution < -0.4 is 3.79 Å². The number of hydrogen-bond acceptors (Lipinski definition) is 8. The normalized spacial score (nSPS) is 11.2. The van der Waals surface area contributed by atoms with Crippen LogP contribution in [0.2, 0.25) is 0 Å². The maximum absolute atomic E-state index is 5.20. The summed E-state index contributed by atoms with van der Waals surface area (Å²) in [4.78, 5) is 34.2. The summed E-state index contributed by atoms with van der Waals surface area (Å²) in [7, 11) is 0. The summed E-state index contributed by atoms with van der Waals surface area (Å²) in [6, 6.07) is 58.7. The van der Waals surface area contributed by atoms with Gasteiger partial charge in [-0.3, -0.25) is 18.7 Å². The van der Waals surface area contributed by atoms with E-state index in [1.165, 1.54) is 16.6 Å². The summed E-state index contributed by atoms with van der Waals surface area (Å²) < 4.78 is 11.5. The highest BCUT2D eigenvalue weighted by molar-refractivity contribution is 6.01. The van der Waals surface area contributed by atoms with Gasteiger partial charge in [-0.05, 0) is 103 Å². The van der Waals surface area contributed by atoms with Crippen molar-refractivity contribution in [1.29, 1.82) is 0 Å². The molecule has 0 saturated heterocycles. The van der Waals surface area contributed by atoms with E-state index in [-0.39, 0.29) is 0 Å². The summed E-state index contributed by atoms with van der Waals surface area (Å²) in [6.45, 7) is 0. The molecular formula is C51H34AlN10O. The molecule has 0 bridgehead atoms. The predicted octanol–water partition coefficient (Wildman–Crippen LogP) is 10.3. The van der Waals surface area contributed by atoms with Gasteiger partial charge in [-0.2, -0.15) is 0 Å². The first kappa shape index (κ1) is 37.7. The molecule has 0 N–H and O–H groups in total. The largest absolute Gasteiger partial charge is 0.649 e. The van der Waals surface area contributed by atoms with E-state index in [9.17, 15) is 0 Å². The van der Waals surface area contributed by atoms with Crippen LogP contribution in [-0.2, 0) is 0 Å². The topological polar surface area (TPSA) is 114 Å². The van der Waals surface area contributed by atoms with E-state index in [2.05, 4.69) is 73.3 Å². The van der Waals surface area contributed by atoms with Gasteiger partial charge in [0.2, 0.25) is 0 Å². The van der Waals surface area contributed by atoms with E-state index < -0.39 is 0 Å². The summed E-state index contributed by atoms with van der Waals surface area (Å²) in [5.41, 5.74) is 11.1. The molecule has 0 aliphatic rings. The summed E-state index contributed by atoms with van der Waals surface area (Å²) in [6.07, 6.45) is 7.19. The first-order valence-electron chi connectivity index (χ1n) is 20.3. The van der Waals surface area contributed by atoms with Gasteiger partial charge in [-0.1, -0.05) is 72.8 Å². The van der Waals surface area contributed by atoms with Crippen LogP contribution in [0, 0.1) is 0 Å². The Morgan fingerprint density at radius 3 is 1.13 bits per heavy atom. The fourth-order valence-electron chi connectivity index (χ4n) is 7.99. The minimum atomic E-state index is 0.749. The third-order valence-corrected chi connectivity index (χ3v) is 11.1. The molecule has 11 nitrogen and oxygen atoms in total. The second-order valence-corrected chi connectivity index (χ2v) is 14.9. The zero-order chi connectivity index (χ0) is 42.1. The highest BCUT2D eigenvalue weighted by Crippen LogP contribution is 2.38. The van der Waals surface area contributed by atoms with Crippen LogP contribution in [-0.4, -0.2) is 65.2 Å². The lowest BCUT2D eigenvalue weighted by molar-refractivity contribution is 0.622. The highest BCUT2D eigenvalue weighted by atomic mass is 27.1. The number of aromatic nitrogens is 10. The Bertz CT molecular complexity index is 3240. The lowest BCUT2D eigenvalue weighted by Gasteiger charge is -2.15. The molecule has 1 radical (unpaired) electrons. The lowest BCUT2D eigenvalue weighted by atomic mass is 10.0. The molecule has 12 aromatic rings. The molecule has 0 aliphatic carbocycles. The molecule has 0 saturated carbocycles. The second kappa shape index (κ2) is 16.3. The van der Waals surface area contributed by atoms with E-state index in [1.807, 2.05) is 121 Å². The highest BCUT2D eigenvalue weighted by Gasteiger charge is 2.23. The van der Waals surface area contributed by atoms with E-state index in [4.69, 9.17) is 33.7 Å². The molecule has 297 valence electrons. The number of rotatable bonds is 7. The SMILES string of the molecule is [AlH][O]c1cccc2cccnc12.c1ccc(-n2c(-c3cc(-c4nc5cccnc5n4-c4ccccc4)cc(-c4nc5cccnc5n4-c4ccccc4)c3)nc3cccnc32)cc1. The van der Waals surface area contributed by atoms with Gasteiger partial charge in [-0.25, -0.2) is 29.9 Å². The zero-order valence-electron chi connectivity index (χ0n) is 33.6. The van der Waals surface area contributed by atoms with E-state index >= 15 is 0 Å². The standard InChI is InChI=1S/C42H27N9.C9H7NO.Al.H/c1-4-13-31(14-5-1)49-37(46-34-19-10-22-43-40(34)49)28-25-29(38-47-35-20-11-23-44-41(35)50(38)32-15-6-2-7-16-32)27-30(26-28)39-48-36-21-12-24-45-42(36)51(39)33-17-8-3-9-18-33;11-8-5-1-3-7-4-2-6-10-9(7)8;;/h1-27H;1-6,11H;;/q;;+1;/p-1. The molecule has 7 aromatic heterocycles. The van der Waals surface area contributed by atoms with Crippen molar-refractivity contribution in [2.75, 3.05) is 0 Å². The molecule has 0 aliphatic heterocycles. The minimum Gasteiger partial charge on any atom is -0.649 e. The van der Waals surface area contributed by atoms with Crippen LogP contribution in [0.3, 0.4) is 0 Å². The van der Waals surface area contributed by atoms with Gasteiger partial charge >= 0.3 is 16.6 Å². The van der Waals surface area contributed by atoms with Crippen molar-refractivity contribution in [2.24, 2.45) is 0 Å². The van der Waals surface area contributed by atoms with Crippen molar-refractivity contribution >= 4 is 61.0 Å². The Morgan fingerprint density at radius 1 is 0.365 bits per heavy atom. The smallest absolute Gasteiger partial charge is 0.494 e. The molecular weight excluding hydrogens is 796 g/mol. The average molecular weight is 830 g/mol. The Morgan fingerprint density at radius 2 is 0.730 bits per heavy atom. The maximum atomic E-state index is 5.20. The van der Waals surface area contributed by atoms with E-state index in [0.29, 0.717) is 0 Å². The predicted molar refractivity (Wildman–Crippen MR) is 250 cm³/mol. The van der Waals surface area contributed by atoms with Gasteiger partial charge in [0.1, 0.15) is 45.3 Å².